The molecular weight excluding hydrogens is 412 g/mol. The molecule has 2 rings (SSSR count). The number of hydrogen-bond donors (Lipinski definition) is 2. The highest BCUT2D eigenvalue weighted by Crippen LogP contribution is 2.39. The summed E-state index contributed by atoms with van der Waals surface area (Å²) >= 11 is 0. The van der Waals surface area contributed by atoms with E-state index in [9.17, 15) is 19.8 Å². The summed E-state index contributed by atoms with van der Waals surface area (Å²) in [5, 5.41) is 21.1. The topological polar surface area (TPSA) is 98.5 Å². The van der Waals surface area contributed by atoms with Gasteiger partial charge in [0.15, 0.2) is 22.9 Å². The van der Waals surface area contributed by atoms with Gasteiger partial charge in [0.05, 0.1) is 7.11 Å². The lowest BCUT2D eigenvalue weighted by atomic mass is 10.2. The molecule has 1 aromatic carbocycles. The molecule has 0 aliphatic heterocycles. The van der Waals surface area contributed by atoms with Crippen LogP contribution < -0.4 is 4.74 Å². The first-order valence-electron chi connectivity index (χ1n) is 9.03. The Morgan fingerprint density at radius 1 is 0.900 bits per heavy atom. The van der Waals surface area contributed by atoms with Gasteiger partial charge in [-0.25, -0.2) is 0 Å². The fourth-order valence-electron chi connectivity index (χ4n) is 2.78. The summed E-state index contributed by atoms with van der Waals surface area (Å²) in [6.45, 7) is 1.01. The van der Waals surface area contributed by atoms with Crippen molar-refractivity contribution in [3.8, 4) is 22.9 Å². The van der Waals surface area contributed by atoms with Crippen LogP contribution in [0.2, 0.25) is 0 Å². The van der Waals surface area contributed by atoms with E-state index in [0.29, 0.717) is 24.5 Å². The second-order valence-corrected chi connectivity index (χ2v) is 7.16. The lowest BCUT2D eigenvalue weighted by molar-refractivity contribution is 0.0774. The smallest absolute Gasteiger partial charge is 0.274 e. The molecule has 2 amide bonds. The maximum atomic E-state index is 13.1. The highest BCUT2D eigenvalue weighted by Gasteiger charge is 2.33. The third kappa shape index (κ3) is 4.98. The normalized spacial score (nSPS) is 10.5. The van der Waals surface area contributed by atoms with Crippen molar-refractivity contribution in [3.63, 3.8) is 0 Å². The number of ether oxygens (including phenoxy) is 1. The summed E-state index contributed by atoms with van der Waals surface area (Å²) in [6.07, 6.45) is 0. The van der Waals surface area contributed by atoms with Crippen molar-refractivity contribution in [2.24, 2.45) is 0 Å². The molecule has 1 aromatic heterocycles. The molecule has 9 nitrogen and oxygen atoms in total. The first kappa shape index (κ1) is 25.1. The number of hydrogen-bond acceptors (Lipinski definition) is 6. The van der Waals surface area contributed by atoms with Crippen LogP contribution in [0, 0.1) is 0 Å². The van der Waals surface area contributed by atoms with Crippen LogP contribution in [-0.2, 0) is 0 Å². The molecule has 0 bridgehead atoms. The second-order valence-electron chi connectivity index (χ2n) is 7.16. The van der Waals surface area contributed by atoms with Crippen LogP contribution in [0.25, 0.3) is 5.69 Å². The standard InChI is InChI=1S/C20H28N4O5.ClH/c1-21(2)11-12-23(5)20(28)16-18(26)17(25)15(19(27)22(3)4)24(16)13-7-9-14(29-6)10-8-13;/h7-10,25-26H,11-12H2,1-6H3;1H. The van der Waals surface area contributed by atoms with Gasteiger partial charge >= 0.3 is 0 Å². The molecule has 0 saturated heterocycles. The van der Waals surface area contributed by atoms with Crippen LogP contribution in [0.4, 0.5) is 0 Å². The van der Waals surface area contributed by atoms with Crippen LogP contribution in [0.3, 0.4) is 0 Å². The lowest BCUT2D eigenvalue weighted by Gasteiger charge is -2.21. The molecule has 0 aliphatic carbocycles. The fraction of sp³-hybridized carbons (Fsp3) is 0.400. The molecule has 0 radical (unpaired) electrons. The van der Waals surface area contributed by atoms with Gasteiger partial charge < -0.3 is 29.6 Å². The Balaban J connectivity index is 0.00000450. The summed E-state index contributed by atoms with van der Waals surface area (Å²) in [5.41, 5.74) is 0.0529. The summed E-state index contributed by atoms with van der Waals surface area (Å²) in [4.78, 5) is 30.5. The minimum absolute atomic E-state index is 0. The maximum Gasteiger partial charge on any atom is 0.274 e. The molecule has 0 fully saturated rings. The number of carbonyl (C=O) groups is 2. The molecule has 166 valence electrons. The quantitative estimate of drug-likeness (QED) is 0.679. The Morgan fingerprint density at radius 3 is 1.83 bits per heavy atom. The van der Waals surface area contributed by atoms with Crippen LogP contribution >= 0.6 is 12.4 Å². The number of methoxy groups -OCH3 is 1. The Morgan fingerprint density at radius 2 is 1.40 bits per heavy atom. The summed E-state index contributed by atoms with van der Waals surface area (Å²) < 4.78 is 6.44. The van der Waals surface area contributed by atoms with Gasteiger partial charge in [0, 0.05) is 39.9 Å². The van der Waals surface area contributed by atoms with Gasteiger partial charge in [0.25, 0.3) is 11.8 Å². The van der Waals surface area contributed by atoms with E-state index >= 15 is 0 Å². The Kier molecular flexibility index (Phi) is 8.56. The number of aromatic hydroxyl groups is 2. The zero-order valence-electron chi connectivity index (χ0n) is 18.0. The van der Waals surface area contributed by atoms with Crippen molar-refractivity contribution in [1.82, 2.24) is 19.3 Å². The highest BCUT2D eigenvalue weighted by molar-refractivity contribution is 6.04. The Hall–Kier alpha value is -2.91. The minimum atomic E-state index is -0.635. The number of benzene rings is 1. The SMILES string of the molecule is COc1ccc(-n2c(C(=O)N(C)C)c(O)c(O)c2C(=O)N(C)CCN(C)C)cc1.Cl. The fourth-order valence-corrected chi connectivity index (χ4v) is 2.78. The number of likely N-dealkylation sites (N-methyl/N-ethyl adjacent to an activating group) is 2. The highest BCUT2D eigenvalue weighted by atomic mass is 35.5. The minimum Gasteiger partial charge on any atom is -0.503 e. The number of amides is 2. The molecule has 30 heavy (non-hydrogen) atoms. The Labute approximate surface area is 182 Å². The van der Waals surface area contributed by atoms with Crippen LogP contribution in [0.15, 0.2) is 24.3 Å². The number of carbonyl (C=O) groups excluding carboxylic acids is 2. The van der Waals surface area contributed by atoms with Gasteiger partial charge in [0.2, 0.25) is 0 Å². The molecule has 0 unspecified atom stereocenters. The van der Waals surface area contributed by atoms with Gasteiger partial charge in [0.1, 0.15) is 5.75 Å². The van der Waals surface area contributed by atoms with E-state index in [1.54, 1.807) is 31.3 Å². The van der Waals surface area contributed by atoms with Crippen molar-refractivity contribution in [2.45, 2.75) is 0 Å². The van der Waals surface area contributed by atoms with Crippen LogP contribution in [0.5, 0.6) is 17.2 Å². The van der Waals surface area contributed by atoms with Crippen molar-refractivity contribution in [1.29, 1.82) is 0 Å². The van der Waals surface area contributed by atoms with Gasteiger partial charge in [-0.3, -0.25) is 14.2 Å². The zero-order valence-corrected chi connectivity index (χ0v) is 18.9. The van der Waals surface area contributed by atoms with E-state index in [1.807, 2.05) is 19.0 Å². The Bertz CT molecular complexity index is 894. The molecular formula is C20H29ClN4O5. The molecule has 0 aliphatic rings. The van der Waals surface area contributed by atoms with E-state index in [4.69, 9.17) is 4.74 Å². The van der Waals surface area contributed by atoms with Gasteiger partial charge in [-0.1, -0.05) is 0 Å². The summed E-state index contributed by atoms with van der Waals surface area (Å²) in [5.74, 6) is -1.75. The third-order valence-electron chi connectivity index (χ3n) is 4.49. The van der Waals surface area contributed by atoms with Crippen molar-refractivity contribution in [2.75, 3.05) is 55.4 Å². The first-order valence-corrected chi connectivity index (χ1v) is 9.03. The molecule has 0 atom stereocenters. The maximum absolute atomic E-state index is 13.1. The number of rotatable bonds is 7. The van der Waals surface area contributed by atoms with E-state index in [2.05, 4.69) is 0 Å². The number of aromatic nitrogens is 1. The van der Waals surface area contributed by atoms with E-state index in [1.165, 1.54) is 35.6 Å². The monoisotopic (exact) mass is 440 g/mol. The zero-order chi connectivity index (χ0) is 21.9. The largest absolute Gasteiger partial charge is 0.503 e. The lowest BCUT2D eigenvalue weighted by Crippen LogP contribution is -2.35. The van der Waals surface area contributed by atoms with Crippen molar-refractivity contribution in [3.05, 3.63) is 35.7 Å². The average Bonchev–Trinajstić information content (AvgIpc) is 2.95. The second kappa shape index (κ2) is 10.2. The molecule has 1 heterocycles. The third-order valence-corrected chi connectivity index (χ3v) is 4.49. The van der Waals surface area contributed by atoms with E-state index in [0.717, 1.165) is 0 Å². The summed E-state index contributed by atoms with van der Waals surface area (Å²) in [6, 6.07) is 6.61. The predicted octanol–water partition coefficient (Wildman–Crippen LogP) is 1.65. The van der Waals surface area contributed by atoms with Crippen molar-refractivity contribution >= 4 is 24.2 Å². The number of halogens is 1. The summed E-state index contributed by atoms with van der Waals surface area (Å²) in [7, 11) is 9.94. The van der Waals surface area contributed by atoms with E-state index < -0.39 is 23.3 Å². The van der Waals surface area contributed by atoms with E-state index in [-0.39, 0.29) is 23.8 Å². The number of nitrogens with zero attached hydrogens (tertiary/aromatic N) is 4. The van der Waals surface area contributed by atoms with Gasteiger partial charge in [-0.15, -0.1) is 12.4 Å². The molecule has 0 spiro atoms. The molecule has 10 heteroatoms. The molecule has 2 N–H and O–H groups in total. The molecule has 0 saturated carbocycles. The first-order chi connectivity index (χ1) is 13.6. The van der Waals surface area contributed by atoms with Crippen LogP contribution in [-0.4, -0.2) is 96.7 Å². The molecule has 2 aromatic rings. The van der Waals surface area contributed by atoms with Crippen molar-refractivity contribution < 1.29 is 24.5 Å². The van der Waals surface area contributed by atoms with Gasteiger partial charge in [-0.05, 0) is 38.4 Å². The average molecular weight is 441 g/mol. The van der Waals surface area contributed by atoms with Gasteiger partial charge in [-0.2, -0.15) is 0 Å². The predicted molar refractivity (Wildman–Crippen MR) is 116 cm³/mol. The van der Waals surface area contributed by atoms with Crippen LogP contribution in [0.1, 0.15) is 21.0 Å².